The van der Waals surface area contributed by atoms with Crippen LogP contribution in [0, 0.1) is 0 Å². The molecule has 1 amide bonds. The number of hydrogen-bond acceptors (Lipinski definition) is 4. The van der Waals surface area contributed by atoms with E-state index in [0.717, 1.165) is 31.2 Å². The van der Waals surface area contributed by atoms with Gasteiger partial charge in [-0.1, -0.05) is 18.6 Å². The lowest BCUT2D eigenvalue weighted by molar-refractivity contribution is 0.0951. The zero-order valence-corrected chi connectivity index (χ0v) is 17.6. The number of rotatable bonds is 9. The van der Waals surface area contributed by atoms with E-state index in [1.54, 1.807) is 7.05 Å². The number of carbonyl (C=O) groups is 1. The molecular weight excluding hydrogens is 352 g/mol. The standard InChI is InChI=1S/C21H36N6O/c1-22-21(24-11-15-27-12-5-4-6-13-27)25-17-18-8-7-9-19(16-18)20(28)23-10-14-26(2)3/h7-9,16H,4-6,10-15,17H2,1-3H3,(H,23,28)(H2,22,24,25). The third kappa shape index (κ3) is 8.27. The molecule has 1 aromatic carbocycles. The molecule has 1 fully saturated rings. The molecule has 0 saturated carbocycles. The minimum absolute atomic E-state index is 0.0345. The van der Waals surface area contributed by atoms with Gasteiger partial charge in [0, 0.05) is 45.3 Å². The van der Waals surface area contributed by atoms with E-state index in [-0.39, 0.29) is 5.91 Å². The minimum atomic E-state index is -0.0345. The monoisotopic (exact) mass is 388 g/mol. The molecule has 1 aromatic rings. The van der Waals surface area contributed by atoms with Crippen LogP contribution in [-0.2, 0) is 6.54 Å². The smallest absolute Gasteiger partial charge is 0.251 e. The fraction of sp³-hybridized carbons (Fsp3) is 0.619. The molecule has 7 heteroatoms. The Morgan fingerprint density at radius 1 is 1.11 bits per heavy atom. The number of nitrogens with one attached hydrogen (secondary N) is 3. The highest BCUT2D eigenvalue weighted by Crippen LogP contribution is 2.07. The molecule has 0 atom stereocenters. The molecule has 1 aliphatic heterocycles. The van der Waals surface area contributed by atoms with Gasteiger partial charge in [0.1, 0.15) is 0 Å². The van der Waals surface area contributed by atoms with Gasteiger partial charge in [0.2, 0.25) is 0 Å². The molecule has 0 radical (unpaired) electrons. The average molecular weight is 389 g/mol. The van der Waals surface area contributed by atoms with Crippen molar-refractivity contribution in [3.05, 3.63) is 35.4 Å². The number of aliphatic imine (C=N–C) groups is 1. The number of amides is 1. The lowest BCUT2D eigenvalue weighted by Crippen LogP contribution is -2.42. The van der Waals surface area contributed by atoms with E-state index in [0.29, 0.717) is 18.7 Å². The number of nitrogens with zero attached hydrogens (tertiary/aromatic N) is 3. The van der Waals surface area contributed by atoms with Crippen molar-refractivity contribution >= 4 is 11.9 Å². The first-order valence-electron chi connectivity index (χ1n) is 10.3. The molecule has 7 nitrogen and oxygen atoms in total. The fourth-order valence-electron chi connectivity index (χ4n) is 3.24. The Balaban J connectivity index is 1.74. The van der Waals surface area contributed by atoms with Crippen LogP contribution in [0.25, 0.3) is 0 Å². The fourth-order valence-corrected chi connectivity index (χ4v) is 3.24. The first-order chi connectivity index (χ1) is 13.6. The van der Waals surface area contributed by atoms with Crippen molar-refractivity contribution in [3.63, 3.8) is 0 Å². The van der Waals surface area contributed by atoms with Gasteiger partial charge in [0.05, 0.1) is 0 Å². The number of benzene rings is 1. The van der Waals surface area contributed by atoms with Gasteiger partial charge in [-0.2, -0.15) is 0 Å². The van der Waals surface area contributed by atoms with E-state index in [1.165, 1.54) is 32.4 Å². The van der Waals surface area contributed by atoms with Crippen LogP contribution in [0.2, 0.25) is 0 Å². The van der Waals surface area contributed by atoms with Crippen LogP contribution in [0.15, 0.2) is 29.3 Å². The van der Waals surface area contributed by atoms with Crippen LogP contribution in [0.4, 0.5) is 0 Å². The number of guanidine groups is 1. The Hall–Kier alpha value is -2.12. The van der Waals surface area contributed by atoms with Crippen LogP contribution < -0.4 is 16.0 Å². The molecule has 2 rings (SSSR count). The van der Waals surface area contributed by atoms with Crippen molar-refractivity contribution in [1.82, 2.24) is 25.8 Å². The van der Waals surface area contributed by atoms with Gasteiger partial charge in [0.15, 0.2) is 5.96 Å². The minimum Gasteiger partial charge on any atom is -0.355 e. The second-order valence-electron chi connectivity index (χ2n) is 7.51. The summed E-state index contributed by atoms with van der Waals surface area (Å²) in [5.41, 5.74) is 1.74. The van der Waals surface area contributed by atoms with Gasteiger partial charge in [-0.3, -0.25) is 9.79 Å². The van der Waals surface area contributed by atoms with Crippen LogP contribution >= 0.6 is 0 Å². The van der Waals surface area contributed by atoms with E-state index < -0.39 is 0 Å². The van der Waals surface area contributed by atoms with Crippen LogP contribution in [0.1, 0.15) is 35.2 Å². The summed E-state index contributed by atoms with van der Waals surface area (Å²) in [6.45, 7) is 6.43. The van der Waals surface area contributed by atoms with Crippen LogP contribution in [-0.4, -0.2) is 82.1 Å². The Kier molecular flexibility index (Phi) is 9.79. The van der Waals surface area contributed by atoms with Crippen molar-refractivity contribution in [1.29, 1.82) is 0 Å². The summed E-state index contributed by atoms with van der Waals surface area (Å²) in [5.74, 6) is 0.755. The van der Waals surface area contributed by atoms with E-state index >= 15 is 0 Å². The van der Waals surface area contributed by atoms with E-state index in [1.807, 2.05) is 43.3 Å². The second kappa shape index (κ2) is 12.4. The predicted molar refractivity (Wildman–Crippen MR) is 116 cm³/mol. The molecular formula is C21H36N6O. The van der Waals surface area contributed by atoms with E-state index in [2.05, 4.69) is 25.8 Å². The molecule has 28 heavy (non-hydrogen) atoms. The quantitative estimate of drug-likeness (QED) is 0.437. The van der Waals surface area contributed by atoms with Gasteiger partial charge < -0.3 is 25.8 Å². The zero-order valence-electron chi connectivity index (χ0n) is 17.6. The maximum atomic E-state index is 12.3. The molecule has 0 unspecified atom stereocenters. The molecule has 0 aromatic heterocycles. The SMILES string of the molecule is CN=C(NCCN1CCCCC1)NCc1cccc(C(=O)NCCN(C)C)c1. The van der Waals surface area contributed by atoms with Crippen molar-refractivity contribution in [2.24, 2.45) is 4.99 Å². The Labute approximate surface area is 169 Å². The Bertz CT molecular complexity index is 625. The van der Waals surface area contributed by atoms with Gasteiger partial charge >= 0.3 is 0 Å². The highest BCUT2D eigenvalue weighted by atomic mass is 16.1. The third-order valence-corrected chi connectivity index (χ3v) is 4.89. The number of likely N-dealkylation sites (tertiary alicyclic amines) is 1. The van der Waals surface area contributed by atoms with Crippen molar-refractivity contribution in [3.8, 4) is 0 Å². The first kappa shape index (κ1) is 22.2. The summed E-state index contributed by atoms with van der Waals surface area (Å²) in [7, 11) is 5.77. The highest BCUT2D eigenvalue weighted by molar-refractivity contribution is 5.94. The normalized spacial score (nSPS) is 15.5. The maximum Gasteiger partial charge on any atom is 0.251 e. The number of likely N-dealkylation sites (N-methyl/N-ethyl adjacent to an activating group) is 1. The summed E-state index contributed by atoms with van der Waals surface area (Å²) >= 11 is 0. The molecule has 1 saturated heterocycles. The maximum absolute atomic E-state index is 12.3. The molecule has 156 valence electrons. The predicted octanol–water partition coefficient (Wildman–Crippen LogP) is 1.13. The van der Waals surface area contributed by atoms with Gasteiger partial charge in [-0.25, -0.2) is 0 Å². The van der Waals surface area contributed by atoms with Crippen LogP contribution in [0.3, 0.4) is 0 Å². The summed E-state index contributed by atoms with van der Waals surface area (Å²) in [6.07, 6.45) is 3.98. The summed E-state index contributed by atoms with van der Waals surface area (Å²) < 4.78 is 0. The molecule has 1 heterocycles. The highest BCUT2D eigenvalue weighted by Gasteiger charge is 2.10. The molecule has 1 aliphatic rings. The third-order valence-electron chi connectivity index (χ3n) is 4.89. The molecule has 3 N–H and O–H groups in total. The number of piperidine rings is 1. The first-order valence-corrected chi connectivity index (χ1v) is 10.3. The second-order valence-corrected chi connectivity index (χ2v) is 7.51. The Morgan fingerprint density at radius 3 is 2.61 bits per heavy atom. The van der Waals surface area contributed by atoms with Gasteiger partial charge in [0.25, 0.3) is 5.91 Å². The Morgan fingerprint density at radius 2 is 1.89 bits per heavy atom. The largest absolute Gasteiger partial charge is 0.355 e. The molecule has 0 spiro atoms. The number of carbonyl (C=O) groups excluding carboxylic acids is 1. The van der Waals surface area contributed by atoms with E-state index in [4.69, 9.17) is 0 Å². The summed E-state index contributed by atoms with van der Waals surface area (Å²) in [5, 5.41) is 9.66. The van der Waals surface area contributed by atoms with Crippen molar-refractivity contribution < 1.29 is 4.79 Å². The topological polar surface area (TPSA) is 72.0 Å². The number of hydrogen-bond donors (Lipinski definition) is 3. The van der Waals surface area contributed by atoms with E-state index in [9.17, 15) is 4.79 Å². The summed E-state index contributed by atoms with van der Waals surface area (Å²) in [6, 6.07) is 7.72. The lowest BCUT2D eigenvalue weighted by atomic mass is 10.1. The zero-order chi connectivity index (χ0) is 20.2. The van der Waals surface area contributed by atoms with Crippen molar-refractivity contribution in [2.75, 3.05) is 60.4 Å². The van der Waals surface area contributed by atoms with Crippen molar-refractivity contribution in [2.45, 2.75) is 25.8 Å². The summed E-state index contributed by atoms with van der Waals surface area (Å²) in [4.78, 5) is 21.1. The lowest BCUT2D eigenvalue weighted by Gasteiger charge is -2.26. The molecule has 0 bridgehead atoms. The van der Waals surface area contributed by atoms with Crippen LogP contribution in [0.5, 0.6) is 0 Å². The van der Waals surface area contributed by atoms with Gasteiger partial charge in [-0.15, -0.1) is 0 Å². The molecule has 0 aliphatic carbocycles. The van der Waals surface area contributed by atoms with Gasteiger partial charge in [-0.05, 0) is 57.7 Å². The average Bonchev–Trinajstić information content (AvgIpc) is 2.71.